The molecule has 8 nitrogen and oxygen atoms in total. The van der Waals surface area contributed by atoms with E-state index in [2.05, 4.69) is 0 Å². The summed E-state index contributed by atoms with van der Waals surface area (Å²) in [5, 5.41) is 0. The maximum atomic E-state index is 13.2. The highest BCUT2D eigenvalue weighted by Gasteiger charge is 2.64. The minimum absolute atomic E-state index is 0.0135. The van der Waals surface area contributed by atoms with Crippen molar-refractivity contribution in [3.8, 4) is 0 Å². The number of fused-ring (bicyclic) bond motifs is 1. The molecule has 0 spiro atoms. The van der Waals surface area contributed by atoms with Crippen LogP contribution in [0.1, 0.15) is 25.3 Å². The van der Waals surface area contributed by atoms with Gasteiger partial charge < -0.3 is 14.2 Å². The minimum atomic E-state index is -1.57. The van der Waals surface area contributed by atoms with Crippen LogP contribution in [-0.2, 0) is 40.0 Å². The van der Waals surface area contributed by atoms with Crippen LogP contribution in [-0.4, -0.2) is 47.4 Å². The summed E-state index contributed by atoms with van der Waals surface area (Å²) >= 11 is 0. The Balaban J connectivity index is 1.85. The van der Waals surface area contributed by atoms with E-state index >= 15 is 0 Å². The number of ether oxygens (including phenoxy) is 3. The SMILES string of the molecule is CC(=O)OC/C=C/CC1(C(=O)OCc2ccccc2)/C(=C\C=O)O[C@@H]2CC(=O)N21. The predicted molar refractivity (Wildman–Crippen MR) is 99.8 cm³/mol. The number of nitrogens with zero attached hydrogens (tertiary/aromatic N) is 1. The highest BCUT2D eigenvalue weighted by Crippen LogP contribution is 2.47. The van der Waals surface area contributed by atoms with Crippen molar-refractivity contribution in [1.82, 2.24) is 4.90 Å². The lowest BCUT2D eigenvalue weighted by atomic mass is 9.88. The zero-order valence-electron chi connectivity index (χ0n) is 15.9. The van der Waals surface area contributed by atoms with Gasteiger partial charge in [0.2, 0.25) is 11.4 Å². The first-order chi connectivity index (χ1) is 14.0. The van der Waals surface area contributed by atoms with Gasteiger partial charge in [-0.25, -0.2) is 4.79 Å². The molecule has 2 saturated heterocycles. The number of amides is 1. The van der Waals surface area contributed by atoms with Gasteiger partial charge in [0.25, 0.3) is 0 Å². The number of hydrogen-bond donors (Lipinski definition) is 0. The monoisotopic (exact) mass is 399 g/mol. The van der Waals surface area contributed by atoms with E-state index < -0.39 is 23.7 Å². The van der Waals surface area contributed by atoms with Gasteiger partial charge in [0.05, 0.1) is 6.42 Å². The number of allylic oxidation sites excluding steroid dienone is 1. The van der Waals surface area contributed by atoms with Gasteiger partial charge in [-0.1, -0.05) is 42.5 Å². The summed E-state index contributed by atoms with van der Waals surface area (Å²) in [6, 6.07) is 9.11. The number of carbonyl (C=O) groups excluding carboxylic acids is 4. The van der Waals surface area contributed by atoms with E-state index in [4.69, 9.17) is 14.2 Å². The maximum Gasteiger partial charge on any atom is 0.340 e. The molecule has 1 amide bonds. The lowest BCUT2D eigenvalue weighted by molar-refractivity contribution is -0.174. The molecular formula is C21H21NO7. The molecule has 0 saturated carbocycles. The first-order valence-electron chi connectivity index (χ1n) is 9.13. The van der Waals surface area contributed by atoms with Crippen molar-refractivity contribution >= 4 is 24.1 Å². The van der Waals surface area contributed by atoms with Gasteiger partial charge in [0.1, 0.15) is 25.3 Å². The predicted octanol–water partition coefficient (Wildman–Crippen LogP) is 1.65. The summed E-state index contributed by atoms with van der Waals surface area (Å²) in [4.78, 5) is 48.8. The fourth-order valence-corrected chi connectivity index (χ4v) is 3.35. The third kappa shape index (κ3) is 4.06. The van der Waals surface area contributed by atoms with Gasteiger partial charge in [-0.15, -0.1) is 0 Å². The Morgan fingerprint density at radius 1 is 1.24 bits per heavy atom. The summed E-state index contributed by atoms with van der Waals surface area (Å²) in [6.45, 7) is 1.32. The molecule has 8 heteroatoms. The van der Waals surface area contributed by atoms with Crippen molar-refractivity contribution in [1.29, 1.82) is 0 Å². The molecule has 1 unspecified atom stereocenters. The van der Waals surface area contributed by atoms with E-state index in [0.29, 0.717) is 6.29 Å². The van der Waals surface area contributed by atoms with Crippen LogP contribution in [0.3, 0.4) is 0 Å². The second kappa shape index (κ2) is 8.72. The Bertz CT molecular complexity index is 861. The number of hydrogen-bond acceptors (Lipinski definition) is 7. The highest BCUT2D eigenvalue weighted by atomic mass is 16.6. The van der Waals surface area contributed by atoms with Crippen molar-refractivity contribution in [3.05, 3.63) is 59.9 Å². The van der Waals surface area contributed by atoms with Gasteiger partial charge in [0.15, 0.2) is 6.23 Å². The molecule has 152 valence electrons. The second-order valence-corrected chi connectivity index (χ2v) is 6.61. The largest absolute Gasteiger partial charge is 0.471 e. The molecule has 1 aromatic rings. The minimum Gasteiger partial charge on any atom is -0.471 e. The Hall–Kier alpha value is -3.42. The molecule has 0 bridgehead atoms. The van der Waals surface area contributed by atoms with E-state index in [1.54, 1.807) is 12.2 Å². The lowest BCUT2D eigenvalue weighted by Gasteiger charge is -2.40. The van der Waals surface area contributed by atoms with E-state index in [0.717, 1.165) is 11.6 Å². The number of esters is 2. The van der Waals surface area contributed by atoms with Crippen LogP contribution in [0.2, 0.25) is 0 Å². The maximum absolute atomic E-state index is 13.2. The van der Waals surface area contributed by atoms with Gasteiger partial charge >= 0.3 is 11.9 Å². The molecule has 1 aromatic carbocycles. The van der Waals surface area contributed by atoms with E-state index in [1.165, 1.54) is 11.8 Å². The molecule has 3 rings (SSSR count). The summed E-state index contributed by atoms with van der Waals surface area (Å²) < 4.78 is 16.0. The second-order valence-electron chi connectivity index (χ2n) is 6.61. The fraction of sp³-hybridized carbons (Fsp3) is 0.333. The Labute approximate surface area is 167 Å². The van der Waals surface area contributed by atoms with Crippen LogP contribution in [0, 0.1) is 0 Å². The zero-order chi connectivity index (χ0) is 20.9. The molecule has 2 aliphatic rings. The van der Waals surface area contributed by atoms with Gasteiger partial charge in [-0.3, -0.25) is 19.3 Å². The van der Waals surface area contributed by atoms with Crippen LogP contribution in [0.4, 0.5) is 0 Å². The average molecular weight is 399 g/mol. The van der Waals surface area contributed by atoms with Crippen LogP contribution in [0.25, 0.3) is 0 Å². The zero-order valence-corrected chi connectivity index (χ0v) is 15.9. The number of aldehydes is 1. The molecule has 2 fully saturated rings. The molecular weight excluding hydrogens is 378 g/mol. The summed E-state index contributed by atoms with van der Waals surface area (Å²) in [7, 11) is 0. The summed E-state index contributed by atoms with van der Waals surface area (Å²) in [6.07, 6.45) is 4.33. The van der Waals surface area contributed by atoms with Gasteiger partial charge in [0, 0.05) is 19.4 Å². The van der Waals surface area contributed by atoms with Crippen molar-refractivity contribution in [2.24, 2.45) is 0 Å². The average Bonchev–Trinajstić information content (AvgIpc) is 2.95. The smallest absolute Gasteiger partial charge is 0.340 e. The quantitative estimate of drug-likeness (QED) is 0.215. The third-order valence-electron chi connectivity index (χ3n) is 4.72. The standard InChI is InChI=1S/C21H21NO7/c1-15(24)27-12-6-5-10-21(20(26)28-14-16-7-3-2-4-8-16)17(9-11-23)29-19-13-18(25)22(19)21/h2-9,11,19H,10,12-14H2,1H3/b6-5+,17-9+/t19-,21?/m1/s1. The third-order valence-corrected chi connectivity index (χ3v) is 4.72. The Morgan fingerprint density at radius 3 is 2.66 bits per heavy atom. The first kappa shape index (κ1) is 20.3. The number of β-lactam (4-membered cyclic amide) rings is 1. The Kier molecular flexibility index (Phi) is 6.11. The number of carbonyl (C=O) groups is 4. The lowest BCUT2D eigenvalue weighted by Crippen LogP contribution is -2.62. The first-order valence-corrected chi connectivity index (χ1v) is 9.13. The van der Waals surface area contributed by atoms with Crippen LogP contribution < -0.4 is 0 Å². The van der Waals surface area contributed by atoms with Crippen molar-refractivity contribution in [2.45, 2.75) is 38.1 Å². The topological polar surface area (TPSA) is 99.2 Å². The van der Waals surface area contributed by atoms with Crippen molar-refractivity contribution in [3.63, 3.8) is 0 Å². The van der Waals surface area contributed by atoms with Crippen LogP contribution >= 0.6 is 0 Å². The Morgan fingerprint density at radius 2 is 2.00 bits per heavy atom. The normalized spacial score (nSPS) is 24.0. The molecule has 0 aliphatic carbocycles. The van der Waals surface area contributed by atoms with Gasteiger partial charge in [-0.2, -0.15) is 0 Å². The fourth-order valence-electron chi connectivity index (χ4n) is 3.35. The molecule has 0 radical (unpaired) electrons. The van der Waals surface area contributed by atoms with Crippen molar-refractivity contribution < 1.29 is 33.4 Å². The van der Waals surface area contributed by atoms with E-state index in [-0.39, 0.29) is 37.7 Å². The molecule has 2 aliphatic heterocycles. The van der Waals surface area contributed by atoms with Crippen molar-refractivity contribution in [2.75, 3.05) is 6.61 Å². The molecule has 0 N–H and O–H groups in total. The summed E-state index contributed by atoms with van der Waals surface area (Å²) in [5.74, 6) is -1.33. The van der Waals surface area contributed by atoms with E-state index in [1.807, 2.05) is 30.3 Å². The molecule has 2 atom stereocenters. The van der Waals surface area contributed by atoms with Gasteiger partial charge in [-0.05, 0) is 5.56 Å². The molecule has 0 aromatic heterocycles. The number of benzene rings is 1. The molecule has 29 heavy (non-hydrogen) atoms. The molecule has 2 heterocycles. The van der Waals surface area contributed by atoms with Crippen LogP contribution in [0.5, 0.6) is 0 Å². The van der Waals surface area contributed by atoms with E-state index in [9.17, 15) is 19.2 Å². The van der Waals surface area contributed by atoms with Crippen LogP contribution in [0.15, 0.2) is 54.3 Å². The highest BCUT2D eigenvalue weighted by molar-refractivity contribution is 5.96. The number of rotatable bonds is 8. The summed E-state index contributed by atoms with van der Waals surface area (Å²) in [5.41, 5.74) is -0.782.